The van der Waals surface area contributed by atoms with E-state index in [1.54, 1.807) is 19.1 Å². The molecule has 0 saturated carbocycles. The molecule has 0 aromatic heterocycles. The summed E-state index contributed by atoms with van der Waals surface area (Å²) in [6.07, 6.45) is 0. The van der Waals surface area contributed by atoms with Crippen LogP contribution in [-0.4, -0.2) is 39.1 Å². The fourth-order valence-corrected chi connectivity index (χ4v) is 2.58. The fourth-order valence-electron chi connectivity index (χ4n) is 1.44. The molecule has 1 rings (SSSR count). The number of hydrogen-bond acceptors (Lipinski definition) is 4. The van der Waals surface area contributed by atoms with E-state index in [0.717, 1.165) is 0 Å². The predicted molar refractivity (Wildman–Crippen MR) is 74.3 cm³/mol. The SMILES string of the molecule is CCNC(=O)CNS(=O)(=O)c1ccccc1C#CCO. The molecule has 7 heteroatoms. The molecule has 0 aliphatic carbocycles. The average molecular weight is 296 g/mol. The third kappa shape index (κ3) is 4.66. The maximum absolute atomic E-state index is 12.1. The predicted octanol–water partition coefficient (Wildman–Crippen LogP) is -0.555. The molecule has 1 amide bonds. The molecule has 0 saturated heterocycles. The van der Waals surface area contributed by atoms with E-state index < -0.39 is 15.9 Å². The zero-order valence-electron chi connectivity index (χ0n) is 11.0. The molecule has 0 fully saturated rings. The number of aliphatic hydroxyl groups excluding tert-OH is 1. The number of carbonyl (C=O) groups is 1. The van der Waals surface area contributed by atoms with Gasteiger partial charge in [0.05, 0.1) is 11.4 Å². The van der Waals surface area contributed by atoms with Crippen LogP contribution in [0, 0.1) is 11.8 Å². The summed E-state index contributed by atoms with van der Waals surface area (Å²) < 4.78 is 26.4. The van der Waals surface area contributed by atoms with E-state index in [1.165, 1.54) is 12.1 Å². The second-order valence-electron chi connectivity index (χ2n) is 3.73. The summed E-state index contributed by atoms with van der Waals surface area (Å²) in [5.41, 5.74) is 0.268. The first-order valence-corrected chi connectivity index (χ1v) is 7.44. The number of aliphatic hydroxyl groups is 1. The Bertz CT molecular complexity index is 629. The van der Waals surface area contributed by atoms with E-state index in [1.807, 2.05) is 0 Å². The first-order valence-electron chi connectivity index (χ1n) is 5.96. The molecule has 0 aliphatic rings. The van der Waals surface area contributed by atoms with Crippen LogP contribution in [0.4, 0.5) is 0 Å². The molecule has 6 nitrogen and oxygen atoms in total. The summed E-state index contributed by atoms with van der Waals surface area (Å²) in [7, 11) is -3.83. The molecule has 1 aromatic rings. The number of hydrogen-bond donors (Lipinski definition) is 3. The molecule has 3 N–H and O–H groups in total. The smallest absolute Gasteiger partial charge is 0.242 e. The zero-order valence-corrected chi connectivity index (χ0v) is 11.8. The Balaban J connectivity index is 2.95. The molecule has 1 aromatic carbocycles. The summed E-state index contributed by atoms with van der Waals surface area (Å²) >= 11 is 0. The van der Waals surface area contributed by atoms with E-state index >= 15 is 0 Å². The maximum Gasteiger partial charge on any atom is 0.242 e. The van der Waals surface area contributed by atoms with Gasteiger partial charge in [-0.1, -0.05) is 24.0 Å². The lowest BCUT2D eigenvalue weighted by Crippen LogP contribution is -2.36. The normalized spacial score (nSPS) is 10.5. The van der Waals surface area contributed by atoms with Crippen LogP contribution in [0.25, 0.3) is 0 Å². The maximum atomic E-state index is 12.1. The number of likely N-dealkylation sites (N-methyl/N-ethyl adjacent to an activating group) is 1. The third-order valence-electron chi connectivity index (χ3n) is 2.28. The highest BCUT2D eigenvalue weighted by molar-refractivity contribution is 7.89. The number of carbonyl (C=O) groups excluding carboxylic acids is 1. The van der Waals surface area contributed by atoms with Crippen LogP contribution < -0.4 is 10.0 Å². The molecule has 0 atom stereocenters. The van der Waals surface area contributed by atoms with E-state index in [2.05, 4.69) is 21.9 Å². The third-order valence-corrected chi connectivity index (χ3v) is 3.73. The topological polar surface area (TPSA) is 95.5 Å². The van der Waals surface area contributed by atoms with Crippen molar-refractivity contribution in [3.63, 3.8) is 0 Å². The molecule has 20 heavy (non-hydrogen) atoms. The lowest BCUT2D eigenvalue weighted by atomic mass is 10.2. The van der Waals surface area contributed by atoms with Gasteiger partial charge in [0.25, 0.3) is 0 Å². The first kappa shape index (κ1) is 16.2. The largest absolute Gasteiger partial charge is 0.384 e. The summed E-state index contributed by atoms with van der Waals surface area (Å²) in [6, 6.07) is 6.12. The molecule has 0 bridgehead atoms. The molecule has 0 aliphatic heterocycles. The summed E-state index contributed by atoms with van der Waals surface area (Å²) in [5, 5.41) is 11.2. The standard InChI is InChI=1S/C13H16N2O4S/c1-2-14-13(17)10-15-20(18,19)12-8-4-3-6-11(12)7-5-9-16/h3-4,6,8,15-16H,2,9-10H2,1H3,(H,14,17). The Morgan fingerprint density at radius 2 is 2.05 bits per heavy atom. The van der Waals surface area contributed by atoms with Gasteiger partial charge in [0.15, 0.2) is 0 Å². The lowest BCUT2D eigenvalue weighted by molar-refractivity contribution is -0.119. The number of amides is 1. The molecule has 108 valence electrons. The van der Waals surface area contributed by atoms with Gasteiger partial charge < -0.3 is 10.4 Å². The van der Waals surface area contributed by atoms with Crippen LogP contribution in [0.5, 0.6) is 0 Å². The van der Waals surface area contributed by atoms with Crippen molar-refractivity contribution < 1.29 is 18.3 Å². The van der Waals surface area contributed by atoms with Gasteiger partial charge in [0.2, 0.25) is 15.9 Å². The Labute approximate surface area is 118 Å². The Kier molecular flexibility index (Phi) is 6.18. The fraction of sp³-hybridized carbons (Fsp3) is 0.308. The highest BCUT2D eigenvalue weighted by atomic mass is 32.2. The van der Waals surface area contributed by atoms with Crippen molar-refractivity contribution in [1.82, 2.24) is 10.0 Å². The van der Waals surface area contributed by atoms with Gasteiger partial charge in [-0.2, -0.15) is 0 Å². The van der Waals surface area contributed by atoms with Crippen LogP contribution >= 0.6 is 0 Å². The van der Waals surface area contributed by atoms with Crippen molar-refractivity contribution in [1.29, 1.82) is 0 Å². The second kappa shape index (κ2) is 7.65. The van der Waals surface area contributed by atoms with Crippen molar-refractivity contribution in [2.45, 2.75) is 11.8 Å². The number of sulfonamides is 1. The Morgan fingerprint density at radius 3 is 2.70 bits per heavy atom. The molecule has 0 heterocycles. The van der Waals surface area contributed by atoms with Crippen molar-refractivity contribution in [3.8, 4) is 11.8 Å². The van der Waals surface area contributed by atoms with Gasteiger partial charge in [0, 0.05) is 12.1 Å². The zero-order chi connectivity index (χ0) is 15.0. The molecular formula is C13H16N2O4S. The van der Waals surface area contributed by atoms with Crippen LogP contribution in [0.3, 0.4) is 0 Å². The van der Waals surface area contributed by atoms with Gasteiger partial charge in [-0.25, -0.2) is 13.1 Å². The van der Waals surface area contributed by atoms with Crippen molar-refractivity contribution >= 4 is 15.9 Å². The lowest BCUT2D eigenvalue weighted by Gasteiger charge is -2.08. The molecule has 0 unspecified atom stereocenters. The summed E-state index contributed by atoms with van der Waals surface area (Å²) in [4.78, 5) is 11.3. The van der Waals surface area contributed by atoms with Crippen LogP contribution in [-0.2, 0) is 14.8 Å². The minimum atomic E-state index is -3.83. The van der Waals surface area contributed by atoms with Crippen LogP contribution in [0.1, 0.15) is 12.5 Å². The van der Waals surface area contributed by atoms with Gasteiger partial charge >= 0.3 is 0 Å². The van der Waals surface area contributed by atoms with Gasteiger partial charge in [-0.3, -0.25) is 4.79 Å². The summed E-state index contributed by atoms with van der Waals surface area (Å²) in [5.74, 6) is 4.55. The van der Waals surface area contributed by atoms with Crippen molar-refractivity contribution in [3.05, 3.63) is 29.8 Å². The van der Waals surface area contributed by atoms with Crippen molar-refractivity contribution in [2.75, 3.05) is 19.7 Å². The highest BCUT2D eigenvalue weighted by Gasteiger charge is 2.18. The van der Waals surface area contributed by atoms with E-state index in [4.69, 9.17) is 5.11 Å². The van der Waals surface area contributed by atoms with Crippen LogP contribution in [0.15, 0.2) is 29.2 Å². The first-order chi connectivity index (χ1) is 9.51. The Hall–Kier alpha value is -1.88. The monoisotopic (exact) mass is 296 g/mol. The quantitative estimate of drug-likeness (QED) is 0.635. The second-order valence-corrected chi connectivity index (χ2v) is 5.47. The van der Waals surface area contributed by atoms with E-state index in [0.29, 0.717) is 6.54 Å². The minimum Gasteiger partial charge on any atom is -0.384 e. The number of nitrogens with one attached hydrogen (secondary N) is 2. The van der Waals surface area contributed by atoms with Gasteiger partial charge in [-0.05, 0) is 19.1 Å². The number of benzene rings is 1. The number of rotatable bonds is 5. The molecule has 0 radical (unpaired) electrons. The van der Waals surface area contributed by atoms with Crippen LogP contribution in [0.2, 0.25) is 0 Å². The Morgan fingerprint density at radius 1 is 1.35 bits per heavy atom. The minimum absolute atomic E-state index is 0.0229. The average Bonchev–Trinajstić information content (AvgIpc) is 2.44. The van der Waals surface area contributed by atoms with Gasteiger partial charge in [0.1, 0.15) is 6.61 Å². The van der Waals surface area contributed by atoms with E-state index in [9.17, 15) is 13.2 Å². The van der Waals surface area contributed by atoms with Crippen molar-refractivity contribution in [2.24, 2.45) is 0 Å². The van der Waals surface area contributed by atoms with E-state index in [-0.39, 0.29) is 23.6 Å². The molecular weight excluding hydrogens is 280 g/mol. The highest BCUT2D eigenvalue weighted by Crippen LogP contribution is 2.13. The molecule has 0 spiro atoms. The van der Waals surface area contributed by atoms with Gasteiger partial charge in [-0.15, -0.1) is 0 Å². The summed E-state index contributed by atoms with van der Waals surface area (Å²) in [6.45, 7) is 1.48.